The summed E-state index contributed by atoms with van der Waals surface area (Å²) in [6.07, 6.45) is 0.640. The number of ether oxygens (including phenoxy) is 1. The van der Waals surface area contributed by atoms with E-state index in [2.05, 4.69) is 10.2 Å². The summed E-state index contributed by atoms with van der Waals surface area (Å²) in [5, 5.41) is 5.98. The van der Waals surface area contributed by atoms with E-state index >= 15 is 0 Å². The Kier molecular flexibility index (Phi) is 3.70. The average molecular weight is 308 g/mol. The fraction of sp³-hybridized carbons (Fsp3) is 0.286. The molecule has 0 fully saturated rings. The van der Waals surface area contributed by atoms with Crippen LogP contribution >= 0.6 is 11.6 Å². The topological polar surface area (TPSA) is 78.2 Å². The summed E-state index contributed by atoms with van der Waals surface area (Å²) in [6.45, 7) is 0.833. The van der Waals surface area contributed by atoms with Crippen molar-refractivity contribution in [3.8, 4) is 5.75 Å². The molecule has 1 aromatic carbocycles. The molecule has 0 atom stereocenters. The van der Waals surface area contributed by atoms with Gasteiger partial charge in [0.15, 0.2) is 6.61 Å². The van der Waals surface area contributed by atoms with E-state index in [4.69, 9.17) is 16.3 Å². The number of amides is 1. The van der Waals surface area contributed by atoms with E-state index in [0.29, 0.717) is 35.8 Å². The highest BCUT2D eigenvalue weighted by Gasteiger charge is 2.24. The highest BCUT2D eigenvalue weighted by atomic mass is 35.5. The summed E-state index contributed by atoms with van der Waals surface area (Å²) < 4.78 is 5.43. The smallest absolute Gasteiger partial charge is 0.269 e. The fourth-order valence-corrected chi connectivity index (χ4v) is 2.42. The van der Waals surface area contributed by atoms with Crippen molar-refractivity contribution in [2.45, 2.75) is 13.0 Å². The Labute approximate surface area is 125 Å². The van der Waals surface area contributed by atoms with Gasteiger partial charge in [-0.15, -0.1) is 0 Å². The lowest BCUT2D eigenvalue weighted by Gasteiger charge is -2.26. The Balaban J connectivity index is 1.60. The second-order valence-electron chi connectivity index (χ2n) is 4.84. The lowest BCUT2D eigenvalue weighted by molar-refractivity contribution is -0.134. The second-order valence-corrected chi connectivity index (χ2v) is 5.28. The van der Waals surface area contributed by atoms with Gasteiger partial charge in [-0.05, 0) is 24.3 Å². The van der Waals surface area contributed by atoms with Gasteiger partial charge in [0.1, 0.15) is 5.75 Å². The Morgan fingerprint density at radius 3 is 2.81 bits per heavy atom. The summed E-state index contributed by atoms with van der Waals surface area (Å²) in [4.78, 5) is 25.3. The minimum atomic E-state index is -0.166. The minimum absolute atomic E-state index is 0.0563. The van der Waals surface area contributed by atoms with Gasteiger partial charge < -0.3 is 14.7 Å². The molecule has 21 heavy (non-hydrogen) atoms. The van der Waals surface area contributed by atoms with Gasteiger partial charge in [0, 0.05) is 23.7 Å². The molecule has 2 aromatic rings. The lowest BCUT2D eigenvalue weighted by atomic mass is 10.1. The summed E-state index contributed by atoms with van der Waals surface area (Å²) in [7, 11) is 0. The quantitative estimate of drug-likeness (QED) is 0.897. The molecule has 3 rings (SSSR count). The van der Waals surface area contributed by atoms with Crippen LogP contribution in [0.1, 0.15) is 11.3 Å². The molecule has 6 nitrogen and oxygen atoms in total. The SMILES string of the molecule is O=C(COc1ccc(Cl)cc1)N1CCc2[nH][nH]c(=O)c2C1. The van der Waals surface area contributed by atoms with E-state index in [0.717, 1.165) is 5.69 Å². The Morgan fingerprint density at radius 2 is 2.05 bits per heavy atom. The van der Waals surface area contributed by atoms with Crippen molar-refractivity contribution in [3.05, 3.63) is 50.9 Å². The number of halogens is 1. The highest BCUT2D eigenvalue weighted by Crippen LogP contribution is 2.16. The normalized spacial score (nSPS) is 13.9. The van der Waals surface area contributed by atoms with E-state index in [-0.39, 0.29) is 18.1 Å². The Morgan fingerprint density at radius 1 is 1.29 bits per heavy atom. The maximum absolute atomic E-state index is 12.1. The maximum Gasteiger partial charge on any atom is 0.269 e. The summed E-state index contributed by atoms with van der Waals surface area (Å²) in [5.74, 6) is 0.446. The molecular weight excluding hydrogens is 294 g/mol. The number of nitrogens with one attached hydrogen (secondary N) is 2. The van der Waals surface area contributed by atoms with Crippen molar-refractivity contribution in [3.63, 3.8) is 0 Å². The molecule has 1 aliphatic heterocycles. The third kappa shape index (κ3) is 2.95. The molecule has 0 spiro atoms. The van der Waals surface area contributed by atoms with Crippen molar-refractivity contribution in [1.29, 1.82) is 0 Å². The van der Waals surface area contributed by atoms with Crippen LogP contribution in [0.3, 0.4) is 0 Å². The van der Waals surface area contributed by atoms with Crippen molar-refractivity contribution in [2.24, 2.45) is 0 Å². The zero-order chi connectivity index (χ0) is 14.8. The fourth-order valence-electron chi connectivity index (χ4n) is 2.30. The molecule has 0 saturated carbocycles. The van der Waals surface area contributed by atoms with E-state index in [1.807, 2.05) is 0 Å². The zero-order valence-electron chi connectivity index (χ0n) is 11.2. The molecule has 7 heteroatoms. The first-order valence-electron chi connectivity index (χ1n) is 6.58. The number of nitrogens with zero attached hydrogens (tertiary/aromatic N) is 1. The third-order valence-electron chi connectivity index (χ3n) is 3.47. The summed E-state index contributed by atoms with van der Waals surface area (Å²) in [6, 6.07) is 6.82. The van der Waals surface area contributed by atoms with Crippen LogP contribution in [0.25, 0.3) is 0 Å². The number of benzene rings is 1. The molecule has 110 valence electrons. The predicted octanol–water partition coefficient (Wildman–Crippen LogP) is 1.32. The van der Waals surface area contributed by atoms with Gasteiger partial charge in [-0.3, -0.25) is 14.7 Å². The van der Waals surface area contributed by atoms with Crippen LogP contribution in [-0.4, -0.2) is 34.2 Å². The highest BCUT2D eigenvalue weighted by molar-refractivity contribution is 6.30. The molecule has 0 radical (unpaired) electrons. The first-order valence-corrected chi connectivity index (χ1v) is 6.96. The number of carbonyl (C=O) groups is 1. The van der Waals surface area contributed by atoms with Crippen molar-refractivity contribution < 1.29 is 9.53 Å². The maximum atomic E-state index is 12.1. The van der Waals surface area contributed by atoms with Crippen LogP contribution in [0.4, 0.5) is 0 Å². The first kappa shape index (κ1) is 13.8. The summed E-state index contributed by atoms with van der Waals surface area (Å²) >= 11 is 5.78. The van der Waals surface area contributed by atoms with E-state index in [1.54, 1.807) is 29.2 Å². The molecule has 2 heterocycles. The first-order chi connectivity index (χ1) is 10.1. The average Bonchev–Trinajstić information content (AvgIpc) is 2.87. The van der Waals surface area contributed by atoms with Gasteiger partial charge in [-0.1, -0.05) is 11.6 Å². The number of hydrogen-bond donors (Lipinski definition) is 2. The van der Waals surface area contributed by atoms with Crippen LogP contribution in [0.15, 0.2) is 29.1 Å². The number of fused-ring (bicyclic) bond motifs is 1. The van der Waals surface area contributed by atoms with Crippen LogP contribution in [0.5, 0.6) is 5.75 Å². The molecule has 0 unspecified atom stereocenters. The molecule has 1 aromatic heterocycles. The van der Waals surface area contributed by atoms with Crippen LogP contribution in [0.2, 0.25) is 5.02 Å². The van der Waals surface area contributed by atoms with Crippen LogP contribution < -0.4 is 10.3 Å². The Bertz CT molecular complexity index is 705. The zero-order valence-corrected chi connectivity index (χ0v) is 11.9. The lowest BCUT2D eigenvalue weighted by Crippen LogP contribution is -2.40. The van der Waals surface area contributed by atoms with Crippen molar-refractivity contribution >= 4 is 17.5 Å². The van der Waals surface area contributed by atoms with Crippen molar-refractivity contribution in [2.75, 3.05) is 13.2 Å². The van der Waals surface area contributed by atoms with Crippen molar-refractivity contribution in [1.82, 2.24) is 15.1 Å². The number of hydrogen-bond acceptors (Lipinski definition) is 3. The van der Waals surface area contributed by atoms with E-state index in [9.17, 15) is 9.59 Å². The third-order valence-corrected chi connectivity index (χ3v) is 3.73. The number of rotatable bonds is 3. The standard InChI is InChI=1S/C14H14ClN3O3/c15-9-1-3-10(4-2-9)21-8-13(19)18-6-5-12-11(7-18)14(20)17-16-12/h1-4H,5-8H2,(H2,16,17,20). The van der Waals surface area contributed by atoms with Crippen LogP contribution in [0, 0.1) is 0 Å². The minimum Gasteiger partial charge on any atom is -0.484 e. The number of aromatic amines is 2. The number of aromatic nitrogens is 2. The van der Waals surface area contributed by atoms with Gasteiger partial charge in [-0.2, -0.15) is 0 Å². The summed E-state index contributed by atoms with van der Waals surface area (Å²) in [5.41, 5.74) is 1.34. The van der Waals surface area contributed by atoms with Gasteiger partial charge >= 0.3 is 0 Å². The molecule has 0 bridgehead atoms. The molecule has 1 aliphatic rings. The second kappa shape index (κ2) is 5.65. The van der Waals surface area contributed by atoms with E-state index < -0.39 is 0 Å². The molecular formula is C14H14ClN3O3. The molecule has 0 aliphatic carbocycles. The van der Waals surface area contributed by atoms with Gasteiger partial charge in [0.2, 0.25) is 0 Å². The van der Waals surface area contributed by atoms with Gasteiger partial charge in [0.25, 0.3) is 11.5 Å². The van der Waals surface area contributed by atoms with Crippen LogP contribution in [-0.2, 0) is 17.8 Å². The monoisotopic (exact) mass is 307 g/mol. The van der Waals surface area contributed by atoms with E-state index in [1.165, 1.54) is 0 Å². The molecule has 1 amide bonds. The largest absolute Gasteiger partial charge is 0.484 e. The molecule has 2 N–H and O–H groups in total. The number of carbonyl (C=O) groups excluding carboxylic acids is 1. The predicted molar refractivity (Wildman–Crippen MR) is 77.5 cm³/mol. The number of H-pyrrole nitrogens is 2. The molecule has 0 saturated heterocycles. The van der Waals surface area contributed by atoms with Gasteiger partial charge in [-0.25, -0.2) is 0 Å². The van der Waals surface area contributed by atoms with Gasteiger partial charge in [0.05, 0.1) is 12.1 Å². The Hall–Kier alpha value is -2.21.